The van der Waals surface area contributed by atoms with Crippen LogP contribution in [0.4, 0.5) is 23.2 Å². The normalized spacial score (nSPS) is 11.3. The molecule has 7 heteroatoms. The molecule has 0 aromatic heterocycles. The van der Waals surface area contributed by atoms with Crippen LogP contribution in [-0.2, 0) is 6.61 Å². The molecule has 0 aliphatic carbocycles. The molecule has 0 spiro atoms. The second-order valence-corrected chi connectivity index (χ2v) is 4.89. The van der Waals surface area contributed by atoms with E-state index in [1.54, 1.807) is 6.07 Å². The van der Waals surface area contributed by atoms with Gasteiger partial charge in [0.2, 0.25) is 0 Å². The van der Waals surface area contributed by atoms with E-state index in [0.717, 1.165) is 0 Å². The first-order valence-corrected chi connectivity index (χ1v) is 6.69. The lowest BCUT2D eigenvalue weighted by atomic mass is 10.2. The number of benzene rings is 2. The Labute approximate surface area is 129 Å². The van der Waals surface area contributed by atoms with Gasteiger partial charge in [0.1, 0.15) is 24.7 Å². The predicted molar refractivity (Wildman–Crippen MR) is 76.7 cm³/mol. The van der Waals surface area contributed by atoms with Crippen LogP contribution >= 0.6 is 11.6 Å². The van der Waals surface area contributed by atoms with Gasteiger partial charge in [-0.05, 0) is 24.3 Å². The van der Waals surface area contributed by atoms with Crippen LogP contribution in [0.2, 0.25) is 5.02 Å². The third kappa shape index (κ3) is 4.80. The molecule has 0 saturated heterocycles. The third-order valence-electron chi connectivity index (χ3n) is 2.77. The molecule has 0 bridgehead atoms. The van der Waals surface area contributed by atoms with Gasteiger partial charge in [-0.25, -0.2) is 4.39 Å². The first-order valence-electron chi connectivity index (χ1n) is 6.31. The lowest BCUT2D eigenvalue weighted by molar-refractivity contribution is -0.115. The second-order valence-electron chi connectivity index (χ2n) is 4.49. The summed E-state index contributed by atoms with van der Waals surface area (Å²) in [6, 6.07) is 10.2. The lowest BCUT2D eigenvalue weighted by Crippen LogP contribution is -2.21. The van der Waals surface area contributed by atoms with Gasteiger partial charge in [-0.15, -0.1) is 0 Å². The maximum atomic E-state index is 13.6. The van der Waals surface area contributed by atoms with E-state index in [1.807, 2.05) is 0 Å². The molecule has 2 aromatic carbocycles. The summed E-state index contributed by atoms with van der Waals surface area (Å²) in [5.41, 5.74) is 0.451. The van der Waals surface area contributed by atoms with Crippen LogP contribution < -0.4 is 10.1 Å². The summed E-state index contributed by atoms with van der Waals surface area (Å²) in [7, 11) is 0. The number of nitrogens with one attached hydrogen (secondary N) is 1. The molecule has 0 saturated carbocycles. The maximum absolute atomic E-state index is 13.6. The molecule has 0 unspecified atom stereocenters. The van der Waals surface area contributed by atoms with Crippen molar-refractivity contribution in [2.24, 2.45) is 0 Å². The summed E-state index contributed by atoms with van der Waals surface area (Å²) < 4.78 is 55.4. The summed E-state index contributed by atoms with van der Waals surface area (Å²) >= 11 is 5.87. The minimum atomic E-state index is -4.31. The number of alkyl halides is 3. The van der Waals surface area contributed by atoms with Crippen molar-refractivity contribution in [1.82, 2.24) is 0 Å². The number of anilines is 1. The average molecular weight is 334 g/mol. The highest BCUT2D eigenvalue weighted by Gasteiger charge is 2.26. The van der Waals surface area contributed by atoms with Gasteiger partial charge in [0.25, 0.3) is 0 Å². The van der Waals surface area contributed by atoms with Crippen molar-refractivity contribution >= 4 is 17.3 Å². The minimum absolute atomic E-state index is 0.117. The smallest absolute Gasteiger partial charge is 0.405 e. The fourth-order valence-corrected chi connectivity index (χ4v) is 1.94. The van der Waals surface area contributed by atoms with Crippen LogP contribution in [0.25, 0.3) is 0 Å². The number of hydrogen-bond acceptors (Lipinski definition) is 2. The largest absolute Gasteiger partial charge is 0.489 e. The topological polar surface area (TPSA) is 21.3 Å². The third-order valence-corrected chi connectivity index (χ3v) is 3.13. The minimum Gasteiger partial charge on any atom is -0.489 e. The number of ether oxygens (including phenoxy) is 1. The van der Waals surface area contributed by atoms with Crippen LogP contribution in [0.15, 0.2) is 42.5 Å². The van der Waals surface area contributed by atoms with Crippen molar-refractivity contribution < 1.29 is 22.3 Å². The Morgan fingerprint density at radius 1 is 1.09 bits per heavy atom. The van der Waals surface area contributed by atoms with Gasteiger partial charge < -0.3 is 10.1 Å². The molecule has 0 radical (unpaired) electrons. The summed E-state index contributed by atoms with van der Waals surface area (Å²) in [5.74, 6) is -0.189. The molecule has 2 aromatic rings. The Morgan fingerprint density at radius 3 is 2.50 bits per heavy atom. The lowest BCUT2D eigenvalue weighted by Gasteiger charge is -2.12. The monoisotopic (exact) mass is 333 g/mol. The molecule has 2 nitrogen and oxygen atoms in total. The predicted octanol–water partition coefficient (Wildman–Crippen LogP) is 5.03. The first kappa shape index (κ1) is 16.4. The van der Waals surface area contributed by atoms with E-state index in [0.29, 0.717) is 5.75 Å². The summed E-state index contributed by atoms with van der Waals surface area (Å²) in [6.07, 6.45) is -4.31. The van der Waals surface area contributed by atoms with Gasteiger partial charge in [0, 0.05) is 17.3 Å². The van der Waals surface area contributed by atoms with E-state index >= 15 is 0 Å². The molecular formula is C15H12ClF4NO. The molecule has 0 heterocycles. The zero-order valence-electron chi connectivity index (χ0n) is 11.3. The molecule has 2 rings (SSSR count). The Hall–Kier alpha value is -1.95. The Bertz CT molecular complexity index is 625. The van der Waals surface area contributed by atoms with Crippen LogP contribution in [0.3, 0.4) is 0 Å². The highest BCUT2D eigenvalue weighted by atomic mass is 35.5. The Kier molecular flexibility index (Phi) is 5.13. The molecule has 118 valence electrons. The van der Waals surface area contributed by atoms with Crippen molar-refractivity contribution in [3.63, 3.8) is 0 Å². The van der Waals surface area contributed by atoms with E-state index in [4.69, 9.17) is 16.3 Å². The van der Waals surface area contributed by atoms with Crippen molar-refractivity contribution in [2.45, 2.75) is 12.8 Å². The van der Waals surface area contributed by atoms with Crippen LogP contribution in [0.1, 0.15) is 5.56 Å². The van der Waals surface area contributed by atoms with E-state index in [1.165, 1.54) is 36.4 Å². The Balaban J connectivity index is 2.02. The second kappa shape index (κ2) is 6.87. The quantitative estimate of drug-likeness (QED) is 0.775. The summed E-state index contributed by atoms with van der Waals surface area (Å²) in [5, 5.41) is 2.47. The molecule has 22 heavy (non-hydrogen) atoms. The van der Waals surface area contributed by atoms with Gasteiger partial charge in [-0.2, -0.15) is 13.2 Å². The van der Waals surface area contributed by atoms with Crippen molar-refractivity contribution in [3.8, 4) is 5.75 Å². The molecule has 1 N–H and O–H groups in total. The van der Waals surface area contributed by atoms with Crippen LogP contribution in [0, 0.1) is 5.82 Å². The van der Waals surface area contributed by atoms with Crippen LogP contribution in [-0.4, -0.2) is 12.7 Å². The van der Waals surface area contributed by atoms with Gasteiger partial charge in [-0.3, -0.25) is 0 Å². The van der Waals surface area contributed by atoms with Crippen molar-refractivity contribution in [3.05, 3.63) is 58.9 Å². The first-order chi connectivity index (χ1) is 10.3. The summed E-state index contributed by atoms with van der Waals surface area (Å²) in [6.45, 7) is -1.26. The molecule has 0 amide bonds. The van der Waals surface area contributed by atoms with E-state index in [2.05, 4.69) is 5.32 Å². The van der Waals surface area contributed by atoms with Crippen molar-refractivity contribution in [2.75, 3.05) is 11.9 Å². The van der Waals surface area contributed by atoms with Crippen molar-refractivity contribution in [1.29, 1.82) is 0 Å². The number of hydrogen-bond donors (Lipinski definition) is 1. The number of halogens is 5. The zero-order chi connectivity index (χ0) is 16.2. The van der Waals surface area contributed by atoms with Gasteiger partial charge in [-0.1, -0.05) is 23.7 Å². The molecule has 0 fully saturated rings. The van der Waals surface area contributed by atoms with Gasteiger partial charge in [0.15, 0.2) is 0 Å². The van der Waals surface area contributed by atoms with Crippen LogP contribution in [0.5, 0.6) is 5.75 Å². The highest BCUT2D eigenvalue weighted by molar-refractivity contribution is 6.31. The van der Waals surface area contributed by atoms with E-state index < -0.39 is 18.5 Å². The summed E-state index contributed by atoms with van der Waals surface area (Å²) in [4.78, 5) is 0. The highest BCUT2D eigenvalue weighted by Crippen LogP contribution is 2.24. The average Bonchev–Trinajstić information content (AvgIpc) is 2.44. The molecule has 0 atom stereocenters. The standard InChI is InChI=1S/C15H12ClF4NO/c16-13-5-2-6-14(17)12(13)8-22-11-4-1-3-10(7-11)21-9-15(18,19)20/h1-7,21H,8-9H2. The van der Waals surface area contributed by atoms with Gasteiger partial charge in [0.05, 0.1) is 5.02 Å². The van der Waals surface area contributed by atoms with Gasteiger partial charge >= 0.3 is 6.18 Å². The van der Waals surface area contributed by atoms with E-state index in [-0.39, 0.29) is 22.9 Å². The SMILES string of the molecule is Fc1cccc(Cl)c1COc1cccc(NCC(F)(F)F)c1. The number of rotatable bonds is 5. The van der Waals surface area contributed by atoms with E-state index in [9.17, 15) is 17.6 Å². The molecule has 0 aliphatic rings. The molecular weight excluding hydrogens is 322 g/mol. The fraction of sp³-hybridized carbons (Fsp3) is 0.200. The fourth-order valence-electron chi connectivity index (χ4n) is 1.72. The maximum Gasteiger partial charge on any atom is 0.405 e. The molecule has 0 aliphatic heterocycles. The zero-order valence-corrected chi connectivity index (χ0v) is 12.0. The Morgan fingerprint density at radius 2 is 1.82 bits per heavy atom.